The minimum Gasteiger partial charge on any atom is -0.437 e. The monoisotopic (exact) mass is 495 g/mol. The van der Waals surface area contributed by atoms with Gasteiger partial charge in [0, 0.05) is 5.39 Å². The average Bonchev–Trinajstić information content (AvgIpc) is 2.86. The fourth-order valence-electron chi connectivity index (χ4n) is 3.45. The molecule has 6 nitrogen and oxygen atoms in total. The molecule has 1 heterocycles. The minimum absolute atomic E-state index is 0.0395. The van der Waals surface area contributed by atoms with Crippen LogP contribution in [0.4, 0.5) is 13.2 Å². The first-order chi connectivity index (χ1) is 17.2. The Bertz CT molecular complexity index is 1340. The third kappa shape index (κ3) is 5.98. The Balaban J connectivity index is 1.77. The molecule has 0 fully saturated rings. The Hall–Kier alpha value is -3.98. The van der Waals surface area contributed by atoms with Gasteiger partial charge >= 0.3 is 6.18 Å². The van der Waals surface area contributed by atoms with Crippen LogP contribution in [-0.2, 0) is 17.6 Å². The van der Waals surface area contributed by atoms with Gasteiger partial charge in [-0.25, -0.2) is 5.06 Å². The standard InChI is InChI=1S/C27H24F3N3O3/c1-18(2)17-35-33(16-19-9-4-3-5-10-19)26(34)24-22-13-6-7-14-23(22)31-32-25(24)36-21-12-8-11-20(15-21)27(28,29)30/h3-15,18H,16-17H2,1-2H3. The fraction of sp³-hybridized carbons (Fsp3) is 0.222. The van der Waals surface area contributed by atoms with E-state index in [4.69, 9.17) is 9.57 Å². The van der Waals surface area contributed by atoms with E-state index in [1.165, 1.54) is 17.2 Å². The number of aromatic nitrogens is 2. The molecule has 0 unspecified atom stereocenters. The van der Waals surface area contributed by atoms with Crippen LogP contribution in [0.25, 0.3) is 10.9 Å². The summed E-state index contributed by atoms with van der Waals surface area (Å²) in [6.45, 7) is 4.33. The number of halogens is 3. The molecule has 1 amide bonds. The van der Waals surface area contributed by atoms with Crippen LogP contribution >= 0.6 is 0 Å². The van der Waals surface area contributed by atoms with Gasteiger partial charge in [-0.2, -0.15) is 13.2 Å². The maximum absolute atomic E-state index is 13.9. The second-order valence-corrected chi connectivity index (χ2v) is 8.54. The van der Waals surface area contributed by atoms with Crippen molar-refractivity contribution in [2.24, 2.45) is 5.92 Å². The molecule has 0 bridgehead atoms. The number of benzene rings is 3. The summed E-state index contributed by atoms with van der Waals surface area (Å²) in [5.74, 6) is -0.748. The summed E-state index contributed by atoms with van der Waals surface area (Å²) in [7, 11) is 0. The summed E-state index contributed by atoms with van der Waals surface area (Å²) in [6, 6.07) is 20.5. The molecule has 0 aliphatic rings. The van der Waals surface area contributed by atoms with Crippen molar-refractivity contribution >= 4 is 16.8 Å². The molecular weight excluding hydrogens is 471 g/mol. The van der Waals surface area contributed by atoms with E-state index in [-0.39, 0.29) is 36.3 Å². The molecule has 4 rings (SSSR count). The molecule has 186 valence electrons. The molecule has 3 aromatic carbocycles. The Morgan fingerprint density at radius 1 is 0.944 bits per heavy atom. The Morgan fingerprint density at radius 3 is 2.39 bits per heavy atom. The van der Waals surface area contributed by atoms with Crippen molar-refractivity contribution in [2.45, 2.75) is 26.6 Å². The Labute approximate surface area is 206 Å². The predicted molar refractivity (Wildman–Crippen MR) is 128 cm³/mol. The van der Waals surface area contributed by atoms with Crippen LogP contribution in [-0.4, -0.2) is 27.8 Å². The average molecular weight is 496 g/mol. The first-order valence-electron chi connectivity index (χ1n) is 11.3. The largest absolute Gasteiger partial charge is 0.437 e. The first kappa shape index (κ1) is 25.1. The number of fused-ring (bicyclic) bond motifs is 1. The summed E-state index contributed by atoms with van der Waals surface area (Å²) < 4.78 is 45.4. The zero-order chi connectivity index (χ0) is 25.7. The van der Waals surface area contributed by atoms with Crippen molar-refractivity contribution < 1.29 is 27.5 Å². The number of alkyl halides is 3. The number of hydroxylamine groups is 2. The van der Waals surface area contributed by atoms with Crippen molar-refractivity contribution in [2.75, 3.05) is 6.61 Å². The number of carbonyl (C=O) groups is 1. The minimum atomic E-state index is -4.55. The molecule has 0 aliphatic heterocycles. The fourth-order valence-corrected chi connectivity index (χ4v) is 3.45. The smallest absolute Gasteiger partial charge is 0.416 e. The van der Waals surface area contributed by atoms with Gasteiger partial charge in [0.2, 0.25) is 0 Å². The van der Waals surface area contributed by atoms with E-state index in [1.54, 1.807) is 24.3 Å². The quantitative estimate of drug-likeness (QED) is 0.256. The van der Waals surface area contributed by atoms with Crippen LogP contribution in [0.5, 0.6) is 11.6 Å². The van der Waals surface area contributed by atoms with Crippen molar-refractivity contribution in [1.29, 1.82) is 0 Å². The highest BCUT2D eigenvalue weighted by atomic mass is 19.4. The Kier molecular flexibility index (Phi) is 7.49. The van der Waals surface area contributed by atoms with Crippen molar-refractivity contribution in [3.63, 3.8) is 0 Å². The van der Waals surface area contributed by atoms with Crippen LogP contribution in [0.15, 0.2) is 78.9 Å². The lowest BCUT2D eigenvalue weighted by Gasteiger charge is -2.24. The van der Waals surface area contributed by atoms with Crippen LogP contribution in [0, 0.1) is 5.92 Å². The van der Waals surface area contributed by atoms with Gasteiger partial charge in [-0.05, 0) is 35.7 Å². The summed E-state index contributed by atoms with van der Waals surface area (Å²) in [5, 5.41) is 9.80. The third-order valence-electron chi connectivity index (χ3n) is 5.18. The SMILES string of the molecule is CC(C)CON(Cc1ccccc1)C(=O)c1c(Oc2cccc(C(F)(F)F)c2)nnc2ccccc12. The summed E-state index contributed by atoms with van der Waals surface area (Å²) in [4.78, 5) is 19.8. The number of ether oxygens (including phenoxy) is 1. The molecule has 4 aromatic rings. The van der Waals surface area contributed by atoms with Crippen LogP contribution < -0.4 is 4.74 Å². The highest BCUT2D eigenvalue weighted by Gasteiger charge is 2.31. The van der Waals surface area contributed by atoms with Gasteiger partial charge in [0.15, 0.2) is 0 Å². The van der Waals surface area contributed by atoms with E-state index in [0.717, 1.165) is 17.7 Å². The van der Waals surface area contributed by atoms with Gasteiger partial charge < -0.3 is 4.74 Å². The van der Waals surface area contributed by atoms with Gasteiger partial charge in [0.1, 0.15) is 11.3 Å². The van der Waals surface area contributed by atoms with E-state index in [1.807, 2.05) is 44.2 Å². The normalized spacial score (nSPS) is 11.6. The Morgan fingerprint density at radius 2 is 1.67 bits per heavy atom. The molecule has 0 spiro atoms. The molecule has 9 heteroatoms. The van der Waals surface area contributed by atoms with E-state index in [0.29, 0.717) is 10.9 Å². The lowest BCUT2D eigenvalue weighted by atomic mass is 10.1. The first-order valence-corrected chi connectivity index (χ1v) is 11.3. The van der Waals surface area contributed by atoms with E-state index >= 15 is 0 Å². The van der Waals surface area contributed by atoms with Crippen molar-refractivity contribution in [3.8, 4) is 11.6 Å². The lowest BCUT2D eigenvalue weighted by molar-refractivity contribution is -0.138. The number of amides is 1. The molecule has 0 atom stereocenters. The van der Waals surface area contributed by atoms with Crippen LogP contribution in [0.1, 0.15) is 35.3 Å². The summed E-state index contributed by atoms with van der Waals surface area (Å²) in [6.07, 6.45) is -4.55. The van der Waals surface area contributed by atoms with Crippen molar-refractivity contribution in [1.82, 2.24) is 15.3 Å². The molecule has 1 aromatic heterocycles. The molecule has 0 saturated carbocycles. The van der Waals surface area contributed by atoms with Gasteiger partial charge in [0.25, 0.3) is 11.8 Å². The van der Waals surface area contributed by atoms with Gasteiger partial charge in [-0.15, -0.1) is 10.2 Å². The highest BCUT2D eigenvalue weighted by Crippen LogP contribution is 2.34. The van der Waals surface area contributed by atoms with Crippen molar-refractivity contribution in [3.05, 3.63) is 95.6 Å². The maximum Gasteiger partial charge on any atom is 0.416 e. The maximum atomic E-state index is 13.9. The van der Waals surface area contributed by atoms with Crippen LogP contribution in [0.2, 0.25) is 0 Å². The molecule has 0 N–H and O–H groups in total. The number of rotatable bonds is 8. The third-order valence-corrected chi connectivity index (χ3v) is 5.18. The molecule has 0 radical (unpaired) electrons. The van der Waals surface area contributed by atoms with Gasteiger partial charge in [-0.3, -0.25) is 9.63 Å². The second kappa shape index (κ2) is 10.7. The van der Waals surface area contributed by atoms with E-state index < -0.39 is 17.6 Å². The van der Waals surface area contributed by atoms with E-state index in [2.05, 4.69) is 10.2 Å². The highest BCUT2D eigenvalue weighted by molar-refractivity contribution is 6.07. The number of hydrogen-bond donors (Lipinski definition) is 0. The molecular formula is C27H24F3N3O3. The summed E-state index contributed by atoms with van der Waals surface area (Å²) >= 11 is 0. The topological polar surface area (TPSA) is 64.5 Å². The van der Waals surface area contributed by atoms with Gasteiger partial charge in [-0.1, -0.05) is 68.4 Å². The van der Waals surface area contributed by atoms with Gasteiger partial charge in [0.05, 0.1) is 24.2 Å². The van der Waals surface area contributed by atoms with E-state index in [9.17, 15) is 18.0 Å². The number of nitrogens with zero attached hydrogens (tertiary/aromatic N) is 3. The second-order valence-electron chi connectivity index (χ2n) is 8.54. The molecule has 36 heavy (non-hydrogen) atoms. The number of carbonyl (C=O) groups excluding carboxylic acids is 1. The van der Waals surface area contributed by atoms with Crippen LogP contribution in [0.3, 0.4) is 0 Å². The molecule has 0 aliphatic carbocycles. The molecule has 0 saturated heterocycles. The summed E-state index contributed by atoms with van der Waals surface area (Å²) in [5.41, 5.74) is 0.423. The zero-order valence-corrected chi connectivity index (χ0v) is 19.7. The number of hydrogen-bond acceptors (Lipinski definition) is 5. The lowest BCUT2D eigenvalue weighted by Crippen LogP contribution is -2.32. The zero-order valence-electron chi connectivity index (χ0n) is 19.7. The predicted octanol–water partition coefficient (Wildman–Crippen LogP) is 6.67.